The monoisotopic (exact) mass is 350 g/mol. The van der Waals surface area contributed by atoms with Gasteiger partial charge in [0, 0.05) is 10.8 Å². The van der Waals surface area contributed by atoms with E-state index in [9.17, 15) is 18.1 Å². The Kier molecular flexibility index (Phi) is 5.74. The summed E-state index contributed by atoms with van der Waals surface area (Å²) < 4.78 is 32.6. The summed E-state index contributed by atoms with van der Waals surface area (Å²) in [5.74, 6) is 0.157. The summed E-state index contributed by atoms with van der Waals surface area (Å²) in [7, 11) is -4.47. The van der Waals surface area contributed by atoms with Crippen molar-refractivity contribution in [2.24, 2.45) is 10.2 Å². The second-order valence-electron chi connectivity index (χ2n) is 4.80. The largest absolute Gasteiger partial charge is 1.00 e. The molecule has 0 fully saturated rings. The van der Waals surface area contributed by atoms with Crippen molar-refractivity contribution in [3.05, 3.63) is 60.7 Å². The van der Waals surface area contributed by atoms with Gasteiger partial charge in [-0.2, -0.15) is 5.11 Å². The molecule has 0 saturated heterocycles. The summed E-state index contributed by atoms with van der Waals surface area (Å²) in [6.07, 6.45) is 0. The number of phenols is 1. The number of phenolic OH excluding ortho intramolecular Hbond substituents is 1. The van der Waals surface area contributed by atoms with Crippen LogP contribution < -0.4 is 29.6 Å². The predicted molar refractivity (Wildman–Crippen MR) is 84.2 cm³/mol. The zero-order valence-electron chi connectivity index (χ0n) is 12.7. The van der Waals surface area contributed by atoms with Gasteiger partial charge in [0.1, 0.15) is 15.9 Å². The smallest absolute Gasteiger partial charge is 0.744 e. The molecule has 8 heteroatoms. The summed E-state index contributed by atoms with van der Waals surface area (Å²) in [6, 6.07) is 15.6. The van der Waals surface area contributed by atoms with Crippen molar-refractivity contribution in [3.63, 3.8) is 0 Å². The molecule has 0 bridgehead atoms. The van der Waals surface area contributed by atoms with Gasteiger partial charge in [0.15, 0.2) is 0 Å². The Hall–Kier alpha value is -1.77. The molecule has 0 amide bonds. The van der Waals surface area contributed by atoms with Crippen LogP contribution in [0.25, 0.3) is 10.8 Å². The Morgan fingerprint density at radius 2 is 1.46 bits per heavy atom. The van der Waals surface area contributed by atoms with Crippen LogP contribution in [0.1, 0.15) is 0 Å². The molecule has 0 unspecified atom stereocenters. The van der Waals surface area contributed by atoms with Crippen LogP contribution in [-0.4, -0.2) is 18.1 Å². The average molecular weight is 350 g/mol. The first-order valence-corrected chi connectivity index (χ1v) is 8.04. The third-order valence-electron chi connectivity index (χ3n) is 3.28. The molecule has 0 heterocycles. The molecule has 0 aliphatic rings. The van der Waals surface area contributed by atoms with Crippen LogP contribution in [0, 0.1) is 0 Å². The molecule has 6 nitrogen and oxygen atoms in total. The second-order valence-corrected chi connectivity index (χ2v) is 6.18. The van der Waals surface area contributed by atoms with E-state index in [-0.39, 0.29) is 40.2 Å². The summed E-state index contributed by atoms with van der Waals surface area (Å²) in [5.41, 5.74) is 0.980. The SMILES string of the molecule is O=S(=O)([O-])c1ccc(/N=N/c2ccc(O)c3ccccc23)cc1.[Na+]. The third kappa shape index (κ3) is 4.00. The van der Waals surface area contributed by atoms with Gasteiger partial charge < -0.3 is 9.66 Å². The summed E-state index contributed by atoms with van der Waals surface area (Å²) in [6.45, 7) is 0. The van der Waals surface area contributed by atoms with Crippen molar-refractivity contribution in [2.75, 3.05) is 0 Å². The van der Waals surface area contributed by atoms with E-state index in [1.807, 2.05) is 18.2 Å². The topological polar surface area (TPSA) is 102 Å². The number of azo groups is 1. The Morgan fingerprint density at radius 1 is 0.833 bits per heavy atom. The zero-order valence-corrected chi connectivity index (χ0v) is 15.6. The van der Waals surface area contributed by atoms with E-state index in [2.05, 4.69) is 10.2 Å². The van der Waals surface area contributed by atoms with Crippen LogP contribution in [0.3, 0.4) is 0 Å². The van der Waals surface area contributed by atoms with E-state index >= 15 is 0 Å². The van der Waals surface area contributed by atoms with Gasteiger partial charge >= 0.3 is 29.6 Å². The minimum atomic E-state index is -4.47. The molecule has 3 aromatic rings. The van der Waals surface area contributed by atoms with Gasteiger partial charge in [0.05, 0.1) is 16.3 Å². The second kappa shape index (κ2) is 7.42. The van der Waals surface area contributed by atoms with Crippen LogP contribution in [0.2, 0.25) is 0 Å². The molecule has 116 valence electrons. The Balaban J connectivity index is 0.00000208. The zero-order chi connectivity index (χ0) is 16.4. The van der Waals surface area contributed by atoms with Gasteiger partial charge in [-0.15, -0.1) is 5.11 Å². The molecular formula is C16H11N2NaO4S. The maximum Gasteiger partial charge on any atom is 1.00 e. The van der Waals surface area contributed by atoms with E-state index in [4.69, 9.17) is 0 Å². The van der Waals surface area contributed by atoms with Gasteiger partial charge in [0.25, 0.3) is 0 Å². The van der Waals surface area contributed by atoms with E-state index in [1.54, 1.807) is 12.1 Å². The fourth-order valence-electron chi connectivity index (χ4n) is 2.15. The third-order valence-corrected chi connectivity index (χ3v) is 4.13. The van der Waals surface area contributed by atoms with Crippen molar-refractivity contribution in [3.8, 4) is 5.75 Å². The molecular weight excluding hydrogens is 339 g/mol. The van der Waals surface area contributed by atoms with Crippen molar-refractivity contribution < 1.29 is 47.6 Å². The van der Waals surface area contributed by atoms with Crippen LogP contribution in [-0.2, 0) is 10.1 Å². The van der Waals surface area contributed by atoms with Gasteiger partial charge in [-0.3, -0.25) is 0 Å². The first kappa shape index (κ1) is 18.6. The minimum absolute atomic E-state index is 0. The van der Waals surface area contributed by atoms with Gasteiger partial charge in [-0.05, 0) is 36.4 Å². The van der Waals surface area contributed by atoms with E-state index in [1.165, 1.54) is 30.3 Å². The first-order valence-electron chi connectivity index (χ1n) is 6.63. The van der Waals surface area contributed by atoms with Crippen LogP contribution >= 0.6 is 0 Å². The van der Waals surface area contributed by atoms with Crippen molar-refractivity contribution in [1.82, 2.24) is 0 Å². The fraction of sp³-hybridized carbons (Fsp3) is 0. The first-order chi connectivity index (χ1) is 10.9. The van der Waals surface area contributed by atoms with E-state index in [0.717, 1.165) is 5.39 Å². The number of hydrogen-bond acceptors (Lipinski definition) is 6. The number of nitrogens with zero attached hydrogens (tertiary/aromatic N) is 2. The maximum absolute atomic E-state index is 10.9. The minimum Gasteiger partial charge on any atom is -0.744 e. The number of fused-ring (bicyclic) bond motifs is 1. The van der Waals surface area contributed by atoms with Crippen molar-refractivity contribution >= 4 is 32.3 Å². The Morgan fingerprint density at radius 3 is 2.08 bits per heavy atom. The fourth-order valence-corrected chi connectivity index (χ4v) is 2.61. The van der Waals surface area contributed by atoms with Gasteiger partial charge in [0.2, 0.25) is 0 Å². The molecule has 0 aromatic heterocycles. The predicted octanol–water partition coefficient (Wildman–Crippen LogP) is 0.869. The molecule has 0 spiro atoms. The molecule has 1 N–H and O–H groups in total. The number of hydrogen-bond donors (Lipinski definition) is 1. The normalized spacial score (nSPS) is 11.5. The molecule has 24 heavy (non-hydrogen) atoms. The Bertz CT molecular complexity index is 1000. The van der Waals surface area contributed by atoms with Gasteiger partial charge in [-0.1, -0.05) is 24.3 Å². The number of rotatable bonds is 3. The maximum atomic E-state index is 10.9. The van der Waals surface area contributed by atoms with Crippen LogP contribution in [0.5, 0.6) is 5.75 Å². The van der Waals surface area contributed by atoms with Crippen LogP contribution in [0.4, 0.5) is 11.4 Å². The van der Waals surface area contributed by atoms with Crippen LogP contribution in [0.15, 0.2) is 75.8 Å². The van der Waals surface area contributed by atoms with Crippen molar-refractivity contribution in [1.29, 1.82) is 0 Å². The molecule has 0 radical (unpaired) electrons. The number of aromatic hydroxyl groups is 1. The molecule has 0 atom stereocenters. The quantitative estimate of drug-likeness (QED) is 0.430. The van der Waals surface area contributed by atoms with Gasteiger partial charge in [-0.25, -0.2) is 8.42 Å². The summed E-state index contributed by atoms with van der Waals surface area (Å²) in [4.78, 5) is -0.313. The molecule has 0 aliphatic heterocycles. The standard InChI is InChI=1S/C16H12N2O4S.Na/c19-16-10-9-15(13-3-1-2-4-14(13)16)18-17-11-5-7-12(8-6-11)23(20,21)22;/h1-10,19H,(H,20,21,22);/q;+1/p-1/b18-17+;. The summed E-state index contributed by atoms with van der Waals surface area (Å²) in [5, 5.41) is 19.4. The van der Waals surface area contributed by atoms with E-state index < -0.39 is 10.1 Å². The molecule has 3 rings (SSSR count). The van der Waals surface area contributed by atoms with E-state index in [0.29, 0.717) is 16.8 Å². The molecule has 3 aromatic carbocycles. The van der Waals surface area contributed by atoms with Crippen molar-refractivity contribution in [2.45, 2.75) is 4.90 Å². The molecule has 0 saturated carbocycles. The molecule has 0 aliphatic carbocycles. The average Bonchev–Trinajstić information content (AvgIpc) is 2.54. The Labute approximate surface area is 160 Å². The number of benzene rings is 3. The summed E-state index contributed by atoms with van der Waals surface area (Å²) >= 11 is 0.